The SMILES string of the molecule is N#Cc1cnc(-c2ccc(Oc3ccccc3)cc2)c(-c2ccccn2)c1. The minimum atomic E-state index is 0.503. The van der Waals surface area contributed by atoms with Gasteiger partial charge in [-0.2, -0.15) is 5.26 Å². The van der Waals surface area contributed by atoms with Gasteiger partial charge in [0.2, 0.25) is 0 Å². The average Bonchev–Trinajstić information content (AvgIpc) is 2.75. The number of hydrogen-bond donors (Lipinski definition) is 0. The molecule has 4 aromatic rings. The Bertz CT molecular complexity index is 1090. The molecule has 0 aliphatic rings. The van der Waals surface area contributed by atoms with Crippen LogP contribution in [0.25, 0.3) is 22.5 Å². The molecule has 0 N–H and O–H groups in total. The van der Waals surface area contributed by atoms with Gasteiger partial charge in [0.25, 0.3) is 0 Å². The van der Waals surface area contributed by atoms with Gasteiger partial charge in [-0.3, -0.25) is 9.97 Å². The van der Waals surface area contributed by atoms with E-state index in [1.807, 2.05) is 78.9 Å². The molecule has 0 spiro atoms. The lowest BCUT2D eigenvalue weighted by Crippen LogP contribution is -1.93. The van der Waals surface area contributed by atoms with Gasteiger partial charge in [0.1, 0.15) is 17.6 Å². The van der Waals surface area contributed by atoms with Crippen LogP contribution in [-0.4, -0.2) is 9.97 Å². The first-order chi connectivity index (χ1) is 13.3. The lowest BCUT2D eigenvalue weighted by atomic mass is 10.0. The van der Waals surface area contributed by atoms with Gasteiger partial charge in [0.05, 0.1) is 17.0 Å². The minimum absolute atomic E-state index is 0.503. The molecule has 0 atom stereocenters. The van der Waals surface area contributed by atoms with Gasteiger partial charge in [-0.1, -0.05) is 24.3 Å². The lowest BCUT2D eigenvalue weighted by Gasteiger charge is -2.10. The molecule has 0 fully saturated rings. The summed E-state index contributed by atoms with van der Waals surface area (Å²) in [5.41, 5.74) is 3.82. The topological polar surface area (TPSA) is 58.8 Å². The largest absolute Gasteiger partial charge is 0.457 e. The number of rotatable bonds is 4. The quantitative estimate of drug-likeness (QED) is 0.490. The fraction of sp³-hybridized carbons (Fsp3) is 0. The summed E-state index contributed by atoms with van der Waals surface area (Å²) in [4.78, 5) is 8.92. The summed E-state index contributed by atoms with van der Waals surface area (Å²) in [6, 6.07) is 27.0. The Morgan fingerprint density at radius 1 is 0.778 bits per heavy atom. The van der Waals surface area contributed by atoms with Gasteiger partial charge in [0, 0.05) is 23.5 Å². The first kappa shape index (κ1) is 16.5. The van der Waals surface area contributed by atoms with Crippen molar-refractivity contribution in [1.82, 2.24) is 9.97 Å². The monoisotopic (exact) mass is 349 g/mol. The highest BCUT2D eigenvalue weighted by Crippen LogP contribution is 2.31. The van der Waals surface area contributed by atoms with Crippen LogP contribution in [0, 0.1) is 11.3 Å². The number of aromatic nitrogens is 2. The van der Waals surface area contributed by atoms with Crippen LogP contribution in [-0.2, 0) is 0 Å². The molecule has 0 aliphatic carbocycles. The molecule has 4 nitrogen and oxygen atoms in total. The Balaban J connectivity index is 1.70. The molecule has 2 aromatic heterocycles. The van der Waals surface area contributed by atoms with Crippen molar-refractivity contribution in [1.29, 1.82) is 5.26 Å². The van der Waals surface area contributed by atoms with Crippen molar-refractivity contribution in [3.63, 3.8) is 0 Å². The molecule has 0 saturated heterocycles. The molecule has 4 heteroatoms. The highest BCUT2D eigenvalue weighted by Gasteiger charge is 2.11. The number of nitriles is 1. The van der Waals surface area contributed by atoms with E-state index in [2.05, 4.69) is 16.0 Å². The third kappa shape index (κ3) is 3.68. The third-order valence-electron chi connectivity index (χ3n) is 4.06. The van der Waals surface area contributed by atoms with Crippen molar-refractivity contribution < 1.29 is 4.74 Å². The van der Waals surface area contributed by atoms with Gasteiger partial charge in [0.15, 0.2) is 0 Å². The molecule has 0 saturated carbocycles. The summed E-state index contributed by atoms with van der Waals surface area (Å²) in [6.45, 7) is 0. The average molecular weight is 349 g/mol. The van der Waals surface area contributed by atoms with Crippen LogP contribution < -0.4 is 4.74 Å². The molecule has 0 aliphatic heterocycles. The highest BCUT2D eigenvalue weighted by molar-refractivity contribution is 5.79. The van der Waals surface area contributed by atoms with Crippen LogP contribution in [0.5, 0.6) is 11.5 Å². The van der Waals surface area contributed by atoms with Crippen molar-refractivity contribution in [3.8, 4) is 40.1 Å². The standard InChI is InChI=1S/C23H15N3O/c24-15-17-14-21(22-8-4-5-13-25-22)23(26-16-17)18-9-11-20(12-10-18)27-19-6-2-1-3-7-19/h1-14,16H. The Kier molecular flexibility index (Phi) is 4.59. The molecule has 4 rings (SSSR count). The van der Waals surface area contributed by atoms with E-state index in [1.54, 1.807) is 12.4 Å². The molecular weight excluding hydrogens is 334 g/mol. The summed E-state index contributed by atoms with van der Waals surface area (Å²) in [5.74, 6) is 1.54. The van der Waals surface area contributed by atoms with Gasteiger partial charge < -0.3 is 4.74 Å². The van der Waals surface area contributed by atoms with Crippen LogP contribution in [0.4, 0.5) is 0 Å². The number of nitrogens with zero attached hydrogens (tertiary/aromatic N) is 3. The van der Waals surface area contributed by atoms with E-state index >= 15 is 0 Å². The van der Waals surface area contributed by atoms with Crippen LogP contribution in [0.1, 0.15) is 5.56 Å². The molecule has 128 valence electrons. The van der Waals surface area contributed by atoms with Crippen molar-refractivity contribution in [3.05, 3.63) is 96.8 Å². The second-order valence-electron chi connectivity index (χ2n) is 5.89. The number of para-hydroxylation sites is 1. The van der Waals surface area contributed by atoms with Crippen molar-refractivity contribution in [2.24, 2.45) is 0 Å². The summed E-state index contributed by atoms with van der Waals surface area (Å²) >= 11 is 0. The van der Waals surface area contributed by atoms with E-state index in [9.17, 15) is 5.26 Å². The second-order valence-corrected chi connectivity index (χ2v) is 5.89. The number of pyridine rings is 2. The maximum atomic E-state index is 9.22. The van der Waals surface area contributed by atoms with Crippen molar-refractivity contribution in [2.45, 2.75) is 0 Å². The summed E-state index contributed by atoms with van der Waals surface area (Å²) < 4.78 is 5.84. The molecule has 2 heterocycles. The normalized spacial score (nSPS) is 10.2. The van der Waals surface area contributed by atoms with Crippen LogP contribution in [0.3, 0.4) is 0 Å². The van der Waals surface area contributed by atoms with E-state index in [0.29, 0.717) is 5.56 Å². The van der Waals surface area contributed by atoms with Gasteiger partial charge in [-0.05, 0) is 54.6 Å². The molecule has 0 unspecified atom stereocenters. The molecule has 2 aromatic carbocycles. The maximum Gasteiger partial charge on any atom is 0.127 e. The molecule has 0 radical (unpaired) electrons. The number of ether oxygens (including phenoxy) is 1. The van der Waals surface area contributed by atoms with Crippen molar-refractivity contribution >= 4 is 0 Å². The first-order valence-corrected chi connectivity index (χ1v) is 8.48. The summed E-state index contributed by atoms with van der Waals surface area (Å²) in [5, 5.41) is 9.22. The Hall–Kier alpha value is -3.97. The van der Waals surface area contributed by atoms with E-state index < -0.39 is 0 Å². The summed E-state index contributed by atoms with van der Waals surface area (Å²) in [7, 11) is 0. The smallest absolute Gasteiger partial charge is 0.127 e. The Labute approximate surface area is 157 Å². The third-order valence-corrected chi connectivity index (χ3v) is 4.06. The van der Waals surface area contributed by atoms with E-state index in [0.717, 1.165) is 34.0 Å². The van der Waals surface area contributed by atoms with E-state index in [4.69, 9.17) is 4.74 Å². The highest BCUT2D eigenvalue weighted by atomic mass is 16.5. The molecule has 0 bridgehead atoms. The molecule has 0 amide bonds. The number of benzene rings is 2. The van der Waals surface area contributed by atoms with E-state index in [1.165, 1.54) is 0 Å². The molecule has 27 heavy (non-hydrogen) atoms. The van der Waals surface area contributed by atoms with Crippen LogP contribution in [0.15, 0.2) is 91.3 Å². The minimum Gasteiger partial charge on any atom is -0.457 e. The van der Waals surface area contributed by atoms with Gasteiger partial charge in [-0.25, -0.2) is 0 Å². The summed E-state index contributed by atoms with van der Waals surface area (Å²) in [6.07, 6.45) is 3.31. The zero-order valence-corrected chi connectivity index (χ0v) is 14.4. The zero-order valence-electron chi connectivity index (χ0n) is 14.4. The fourth-order valence-electron chi connectivity index (χ4n) is 2.78. The first-order valence-electron chi connectivity index (χ1n) is 8.48. The predicted octanol–water partition coefficient (Wildman–Crippen LogP) is 5.47. The van der Waals surface area contributed by atoms with Crippen molar-refractivity contribution in [2.75, 3.05) is 0 Å². The van der Waals surface area contributed by atoms with Gasteiger partial charge >= 0.3 is 0 Å². The van der Waals surface area contributed by atoms with Gasteiger partial charge in [-0.15, -0.1) is 0 Å². The van der Waals surface area contributed by atoms with Crippen LogP contribution in [0.2, 0.25) is 0 Å². The lowest BCUT2D eigenvalue weighted by molar-refractivity contribution is 0.483. The Morgan fingerprint density at radius 3 is 2.22 bits per heavy atom. The van der Waals surface area contributed by atoms with E-state index in [-0.39, 0.29) is 0 Å². The zero-order chi connectivity index (χ0) is 18.5. The Morgan fingerprint density at radius 2 is 1.52 bits per heavy atom. The van der Waals surface area contributed by atoms with Crippen LogP contribution >= 0.6 is 0 Å². The number of hydrogen-bond acceptors (Lipinski definition) is 4. The predicted molar refractivity (Wildman–Crippen MR) is 104 cm³/mol. The second kappa shape index (κ2) is 7.51. The molecular formula is C23H15N3O. The fourth-order valence-corrected chi connectivity index (χ4v) is 2.78. The maximum absolute atomic E-state index is 9.22.